The summed E-state index contributed by atoms with van der Waals surface area (Å²) in [5, 5.41) is 9.31. The van der Waals surface area contributed by atoms with Gasteiger partial charge in [-0.2, -0.15) is 4.31 Å². The van der Waals surface area contributed by atoms with Crippen LogP contribution < -0.4 is 0 Å². The number of piperidine rings is 1. The number of hydrogen-bond acceptors (Lipinski definition) is 3. The monoisotopic (exact) mass is 193 g/mol. The Bertz CT molecular complexity index is 239. The van der Waals surface area contributed by atoms with Crippen molar-refractivity contribution in [3.05, 3.63) is 0 Å². The van der Waals surface area contributed by atoms with Crippen molar-refractivity contribution in [1.29, 1.82) is 0 Å². The Morgan fingerprint density at radius 3 is 2.42 bits per heavy atom. The lowest BCUT2D eigenvalue weighted by molar-refractivity contribution is 0.0824. The van der Waals surface area contributed by atoms with E-state index in [1.54, 1.807) is 0 Å². The van der Waals surface area contributed by atoms with E-state index in [0.29, 0.717) is 13.0 Å². The maximum atomic E-state index is 11.1. The summed E-state index contributed by atoms with van der Waals surface area (Å²) in [4.78, 5) is 0. The lowest BCUT2D eigenvalue weighted by Gasteiger charge is -2.32. The first kappa shape index (κ1) is 9.95. The van der Waals surface area contributed by atoms with E-state index in [1.807, 2.05) is 6.92 Å². The van der Waals surface area contributed by atoms with Crippen molar-refractivity contribution >= 4 is 10.0 Å². The smallest absolute Gasteiger partial charge is 0.211 e. The molecule has 0 aromatic heterocycles. The number of rotatable bonds is 1. The minimum Gasteiger partial charge on any atom is -0.392 e. The largest absolute Gasteiger partial charge is 0.392 e. The van der Waals surface area contributed by atoms with Gasteiger partial charge in [-0.25, -0.2) is 8.42 Å². The van der Waals surface area contributed by atoms with Gasteiger partial charge in [-0.3, -0.25) is 0 Å². The van der Waals surface area contributed by atoms with Crippen LogP contribution in [0.4, 0.5) is 0 Å². The molecule has 0 saturated carbocycles. The average molecular weight is 193 g/mol. The number of aliphatic hydroxyl groups is 1. The van der Waals surface area contributed by atoms with E-state index >= 15 is 0 Å². The van der Waals surface area contributed by atoms with E-state index < -0.39 is 16.1 Å². The zero-order valence-corrected chi connectivity index (χ0v) is 8.21. The number of sulfonamides is 1. The van der Waals surface area contributed by atoms with Gasteiger partial charge in [0.2, 0.25) is 10.0 Å². The average Bonchev–Trinajstić information content (AvgIpc) is 1.82. The van der Waals surface area contributed by atoms with Crippen LogP contribution in [-0.4, -0.2) is 43.3 Å². The molecule has 1 aliphatic rings. The summed E-state index contributed by atoms with van der Waals surface area (Å²) in [6, 6.07) is 0. The molecule has 0 bridgehead atoms. The molecule has 1 fully saturated rings. The van der Waals surface area contributed by atoms with Crippen LogP contribution >= 0.6 is 0 Å². The van der Waals surface area contributed by atoms with E-state index in [2.05, 4.69) is 0 Å². The van der Waals surface area contributed by atoms with Crippen LogP contribution in [0.1, 0.15) is 13.3 Å². The molecule has 72 valence electrons. The highest BCUT2D eigenvalue weighted by atomic mass is 32.2. The van der Waals surface area contributed by atoms with Crippen molar-refractivity contribution < 1.29 is 13.5 Å². The van der Waals surface area contributed by atoms with Gasteiger partial charge in [-0.15, -0.1) is 0 Å². The zero-order chi connectivity index (χ0) is 9.35. The lowest BCUT2D eigenvalue weighted by atomic mass is 10.00. The van der Waals surface area contributed by atoms with Crippen LogP contribution in [0.25, 0.3) is 0 Å². The summed E-state index contributed by atoms with van der Waals surface area (Å²) in [5.74, 6) is 0.253. The second-order valence-electron chi connectivity index (χ2n) is 3.57. The van der Waals surface area contributed by atoms with Gasteiger partial charge in [-0.1, -0.05) is 6.92 Å². The Morgan fingerprint density at radius 2 is 2.00 bits per heavy atom. The fourth-order valence-corrected chi connectivity index (χ4v) is 2.51. The van der Waals surface area contributed by atoms with Crippen LogP contribution in [0.2, 0.25) is 0 Å². The van der Waals surface area contributed by atoms with Gasteiger partial charge < -0.3 is 5.11 Å². The van der Waals surface area contributed by atoms with Crippen LogP contribution in [-0.2, 0) is 10.0 Å². The maximum Gasteiger partial charge on any atom is 0.211 e. The molecular formula is C7H15NO3S. The first-order valence-corrected chi connectivity index (χ1v) is 5.87. The van der Waals surface area contributed by atoms with Crippen molar-refractivity contribution in [3.63, 3.8) is 0 Å². The minimum atomic E-state index is -3.12. The van der Waals surface area contributed by atoms with Crippen molar-refractivity contribution in [3.8, 4) is 0 Å². The second kappa shape index (κ2) is 3.32. The third-order valence-corrected chi connectivity index (χ3v) is 3.31. The third kappa shape index (κ3) is 2.43. The molecule has 12 heavy (non-hydrogen) atoms. The maximum absolute atomic E-state index is 11.1. The van der Waals surface area contributed by atoms with Crippen molar-refractivity contribution in [2.24, 2.45) is 5.92 Å². The van der Waals surface area contributed by atoms with Gasteiger partial charge >= 0.3 is 0 Å². The van der Waals surface area contributed by atoms with Gasteiger partial charge in [0.1, 0.15) is 0 Å². The van der Waals surface area contributed by atoms with E-state index in [0.717, 1.165) is 0 Å². The molecule has 1 saturated heterocycles. The van der Waals surface area contributed by atoms with Crippen molar-refractivity contribution in [2.75, 3.05) is 19.3 Å². The van der Waals surface area contributed by atoms with Crippen LogP contribution in [0.15, 0.2) is 0 Å². The van der Waals surface area contributed by atoms with Crippen LogP contribution in [0.5, 0.6) is 0 Å². The molecule has 2 atom stereocenters. The Morgan fingerprint density at radius 1 is 1.42 bits per heavy atom. The molecule has 0 aromatic rings. The molecule has 0 radical (unpaired) electrons. The van der Waals surface area contributed by atoms with Crippen LogP contribution in [0, 0.1) is 5.92 Å². The normalized spacial score (nSPS) is 33.6. The van der Waals surface area contributed by atoms with Gasteiger partial charge in [0.05, 0.1) is 12.4 Å². The van der Waals surface area contributed by atoms with Gasteiger partial charge in [0, 0.05) is 13.1 Å². The van der Waals surface area contributed by atoms with Crippen LogP contribution in [0.3, 0.4) is 0 Å². The molecule has 4 nitrogen and oxygen atoms in total. The summed E-state index contributed by atoms with van der Waals surface area (Å²) in [6.45, 7) is 2.74. The Hall–Kier alpha value is -0.130. The van der Waals surface area contributed by atoms with E-state index in [-0.39, 0.29) is 12.5 Å². The van der Waals surface area contributed by atoms with Crippen molar-refractivity contribution in [1.82, 2.24) is 4.31 Å². The summed E-state index contributed by atoms with van der Waals surface area (Å²) in [6.07, 6.45) is 1.38. The van der Waals surface area contributed by atoms with E-state index in [4.69, 9.17) is 0 Å². The second-order valence-corrected chi connectivity index (χ2v) is 5.56. The summed E-state index contributed by atoms with van der Waals surface area (Å²) >= 11 is 0. The number of β-amino-alcohol motifs (C(OH)–C–C–N with tert-alkyl or cyclic N) is 1. The highest BCUT2D eigenvalue weighted by Gasteiger charge is 2.28. The highest BCUT2D eigenvalue weighted by molar-refractivity contribution is 7.88. The lowest BCUT2D eigenvalue weighted by Crippen LogP contribution is -2.44. The molecule has 0 amide bonds. The molecule has 0 aromatic carbocycles. The standard InChI is InChI=1S/C7H15NO3S/c1-6-3-7(9)5-8(4-6)12(2,10)11/h6-7,9H,3-5H2,1-2H3. The minimum absolute atomic E-state index is 0.253. The molecular weight excluding hydrogens is 178 g/mol. The molecule has 0 spiro atoms. The molecule has 1 aliphatic heterocycles. The summed E-state index contributed by atoms with van der Waals surface area (Å²) in [5.41, 5.74) is 0. The Balaban J connectivity index is 2.68. The number of nitrogens with zero attached hydrogens (tertiary/aromatic N) is 1. The summed E-state index contributed by atoms with van der Waals surface area (Å²) < 4.78 is 23.5. The number of hydrogen-bond donors (Lipinski definition) is 1. The summed E-state index contributed by atoms with van der Waals surface area (Å²) in [7, 11) is -3.12. The van der Waals surface area contributed by atoms with Crippen molar-refractivity contribution in [2.45, 2.75) is 19.4 Å². The first-order chi connectivity index (χ1) is 5.39. The van der Waals surface area contributed by atoms with Gasteiger partial charge in [0.25, 0.3) is 0 Å². The molecule has 1 rings (SSSR count). The Labute approximate surface area is 73.2 Å². The van der Waals surface area contributed by atoms with Gasteiger partial charge in [-0.05, 0) is 12.3 Å². The fraction of sp³-hybridized carbons (Fsp3) is 1.00. The first-order valence-electron chi connectivity index (χ1n) is 4.03. The van der Waals surface area contributed by atoms with E-state index in [9.17, 15) is 13.5 Å². The van der Waals surface area contributed by atoms with E-state index in [1.165, 1.54) is 10.6 Å². The molecule has 5 heteroatoms. The fourth-order valence-electron chi connectivity index (χ4n) is 1.54. The van der Waals surface area contributed by atoms with Gasteiger partial charge in [0.15, 0.2) is 0 Å². The SMILES string of the molecule is CC1CC(O)CN(S(C)(=O)=O)C1. The quantitative estimate of drug-likeness (QED) is 0.619. The predicted molar refractivity (Wildman–Crippen MR) is 46.2 cm³/mol. The molecule has 1 N–H and O–H groups in total. The number of aliphatic hydroxyl groups excluding tert-OH is 1. The Kier molecular flexibility index (Phi) is 2.75. The topological polar surface area (TPSA) is 57.6 Å². The highest BCUT2D eigenvalue weighted by Crippen LogP contribution is 2.17. The zero-order valence-electron chi connectivity index (χ0n) is 7.40. The third-order valence-electron chi connectivity index (χ3n) is 2.07. The molecule has 2 unspecified atom stereocenters. The predicted octanol–water partition coefficient (Wildman–Crippen LogP) is -0.351. The molecule has 0 aliphatic carbocycles. The molecule has 1 heterocycles.